The van der Waals surface area contributed by atoms with Gasteiger partial charge in [-0.05, 0) is 36.8 Å². The third-order valence-electron chi connectivity index (χ3n) is 6.64. The van der Waals surface area contributed by atoms with E-state index in [1.165, 1.54) is 0 Å². The van der Waals surface area contributed by atoms with Gasteiger partial charge in [-0.15, -0.1) is 0 Å². The summed E-state index contributed by atoms with van der Waals surface area (Å²) in [5.41, 5.74) is 1.78. The van der Waals surface area contributed by atoms with Crippen LogP contribution < -0.4 is 5.32 Å². The average Bonchev–Trinajstić information content (AvgIpc) is 3.54. The minimum Gasteiger partial charge on any atom is -0.478 e. The second-order valence-electron chi connectivity index (χ2n) is 9.00. The third-order valence-corrected chi connectivity index (χ3v) is 6.64. The Hall–Kier alpha value is -5.03. The number of imide groups is 1. The van der Waals surface area contributed by atoms with Crippen LogP contribution in [0.15, 0.2) is 84.1 Å². The summed E-state index contributed by atoms with van der Waals surface area (Å²) < 4.78 is 7.46. The van der Waals surface area contributed by atoms with Crippen molar-refractivity contribution in [1.29, 1.82) is 0 Å². The number of nitrogens with one attached hydrogen (secondary N) is 1. The highest BCUT2D eigenvalue weighted by molar-refractivity contribution is 6.21. The Morgan fingerprint density at radius 2 is 1.74 bits per heavy atom. The second kappa shape index (κ2) is 10.4. The Morgan fingerprint density at radius 3 is 2.36 bits per heavy atom. The van der Waals surface area contributed by atoms with E-state index in [1.54, 1.807) is 78.7 Å². The summed E-state index contributed by atoms with van der Waals surface area (Å²) in [4.78, 5) is 55.1. The van der Waals surface area contributed by atoms with Crippen molar-refractivity contribution < 1.29 is 34.1 Å². The van der Waals surface area contributed by atoms with E-state index in [-0.39, 0.29) is 42.2 Å². The smallest absolute Gasteiger partial charge is 0.338 e. The van der Waals surface area contributed by atoms with Gasteiger partial charge in [-0.3, -0.25) is 14.5 Å². The molecule has 1 aromatic heterocycles. The van der Waals surface area contributed by atoms with Crippen LogP contribution in [0.2, 0.25) is 0 Å². The van der Waals surface area contributed by atoms with Crippen LogP contribution in [0.4, 0.5) is 0 Å². The van der Waals surface area contributed by atoms with Crippen molar-refractivity contribution in [3.05, 3.63) is 101 Å². The summed E-state index contributed by atoms with van der Waals surface area (Å²) in [6, 6.07) is 12.5. The fraction of sp³-hybridized carbons (Fsp3) is 0.179. The molecular formula is C28H24N4O7. The average molecular weight is 529 g/mol. The number of carbonyl (C=O) groups is 4. The van der Waals surface area contributed by atoms with E-state index >= 15 is 0 Å². The molecule has 5 rings (SSSR count). The highest BCUT2D eigenvalue weighted by Crippen LogP contribution is 2.35. The van der Waals surface area contributed by atoms with Crippen molar-refractivity contribution in [3.63, 3.8) is 0 Å². The van der Waals surface area contributed by atoms with Crippen LogP contribution in [0.25, 0.3) is 11.3 Å². The Bertz CT molecular complexity index is 1520. The van der Waals surface area contributed by atoms with Crippen LogP contribution in [0, 0.1) is 0 Å². The van der Waals surface area contributed by atoms with E-state index in [2.05, 4.69) is 10.3 Å². The number of allylic oxidation sites excluding steroid dienone is 1. The van der Waals surface area contributed by atoms with Gasteiger partial charge in [-0.25, -0.2) is 14.6 Å². The number of amides is 2. The first kappa shape index (κ1) is 25.6. The summed E-state index contributed by atoms with van der Waals surface area (Å²) in [6.45, 7) is 1.38. The fourth-order valence-electron chi connectivity index (χ4n) is 4.88. The lowest BCUT2D eigenvalue weighted by Crippen LogP contribution is -2.42. The first-order valence-electron chi connectivity index (χ1n) is 12.1. The molecule has 1 atom stereocenters. The molecule has 2 aliphatic rings. The molecule has 0 aliphatic carbocycles. The van der Waals surface area contributed by atoms with Gasteiger partial charge in [0.15, 0.2) is 0 Å². The van der Waals surface area contributed by atoms with Gasteiger partial charge >= 0.3 is 11.9 Å². The molecule has 2 aliphatic heterocycles. The van der Waals surface area contributed by atoms with Crippen molar-refractivity contribution in [2.24, 2.45) is 0 Å². The van der Waals surface area contributed by atoms with Crippen LogP contribution in [0.5, 0.6) is 0 Å². The van der Waals surface area contributed by atoms with Crippen LogP contribution in [-0.4, -0.2) is 74.2 Å². The molecule has 0 spiro atoms. The van der Waals surface area contributed by atoms with Gasteiger partial charge in [0.1, 0.15) is 0 Å². The maximum absolute atomic E-state index is 12.6. The number of carboxylic acid groups (broad SMARTS) is 2. The first-order valence-corrected chi connectivity index (χ1v) is 12.1. The summed E-state index contributed by atoms with van der Waals surface area (Å²) in [6.07, 6.45) is 4.90. The normalized spacial score (nSPS) is 16.9. The Balaban J connectivity index is 1.39. The summed E-state index contributed by atoms with van der Waals surface area (Å²) in [7, 11) is 0. The van der Waals surface area contributed by atoms with Gasteiger partial charge in [0.25, 0.3) is 11.8 Å². The first-order chi connectivity index (χ1) is 18.8. The molecule has 0 bridgehead atoms. The standard InChI is InChI=1S/C28H24N4O7/c1-16-22(27(35)36)23(17-5-4-6-18(13-17)31-10-9-29-15-31)24(28(37)38)21(30-16)14-39-12-11-32-25(33)19-7-2-3-8-20(19)26(32)34/h2-10,13,15,21,30H,11-12,14H2,1H3,(H,35,36)(H,37,38). The molecule has 3 aromatic rings. The molecule has 0 fully saturated rings. The molecule has 2 aromatic carbocycles. The van der Waals surface area contributed by atoms with Gasteiger partial charge < -0.3 is 24.8 Å². The Labute approximate surface area is 222 Å². The van der Waals surface area contributed by atoms with E-state index in [9.17, 15) is 29.4 Å². The number of hydrogen-bond donors (Lipinski definition) is 3. The predicted octanol–water partition coefficient (Wildman–Crippen LogP) is 2.35. The maximum atomic E-state index is 12.6. The van der Waals surface area contributed by atoms with Gasteiger partial charge in [-0.1, -0.05) is 24.3 Å². The fourth-order valence-corrected chi connectivity index (χ4v) is 4.88. The van der Waals surface area contributed by atoms with E-state index < -0.39 is 29.8 Å². The van der Waals surface area contributed by atoms with Crippen LogP contribution >= 0.6 is 0 Å². The van der Waals surface area contributed by atoms with Gasteiger partial charge in [0.05, 0.1) is 54.4 Å². The van der Waals surface area contributed by atoms with E-state index in [0.717, 1.165) is 4.90 Å². The summed E-state index contributed by atoms with van der Waals surface area (Å²) in [5.74, 6) is -3.39. The number of hydrogen-bond acceptors (Lipinski definition) is 7. The van der Waals surface area contributed by atoms with E-state index in [1.807, 2.05) is 0 Å². The van der Waals surface area contributed by atoms with Crippen molar-refractivity contribution in [1.82, 2.24) is 19.8 Å². The molecule has 1 unspecified atom stereocenters. The number of carboxylic acids is 2. The molecule has 3 heterocycles. The lowest BCUT2D eigenvalue weighted by atomic mass is 9.85. The highest BCUT2D eigenvalue weighted by Gasteiger charge is 2.37. The molecule has 3 N–H and O–H groups in total. The lowest BCUT2D eigenvalue weighted by Gasteiger charge is -2.30. The number of nitrogens with zero attached hydrogens (tertiary/aromatic N) is 3. The van der Waals surface area contributed by atoms with E-state index in [4.69, 9.17) is 4.74 Å². The molecule has 11 nitrogen and oxygen atoms in total. The molecule has 198 valence electrons. The van der Waals surface area contributed by atoms with Crippen LogP contribution in [0.3, 0.4) is 0 Å². The van der Waals surface area contributed by atoms with E-state index in [0.29, 0.717) is 22.4 Å². The van der Waals surface area contributed by atoms with Gasteiger partial charge in [0, 0.05) is 29.4 Å². The van der Waals surface area contributed by atoms with Gasteiger partial charge in [0.2, 0.25) is 0 Å². The number of aliphatic carboxylic acids is 2. The Morgan fingerprint density at radius 1 is 1.03 bits per heavy atom. The minimum absolute atomic E-state index is 0.0137. The molecule has 2 amide bonds. The van der Waals surface area contributed by atoms with Crippen molar-refractivity contribution in [2.75, 3.05) is 19.8 Å². The number of imidazole rings is 1. The molecule has 0 saturated carbocycles. The number of dihydropyridines is 1. The molecular weight excluding hydrogens is 504 g/mol. The number of benzene rings is 2. The predicted molar refractivity (Wildman–Crippen MR) is 138 cm³/mol. The number of ether oxygens (including phenoxy) is 1. The zero-order valence-corrected chi connectivity index (χ0v) is 20.8. The monoisotopic (exact) mass is 528 g/mol. The van der Waals surface area contributed by atoms with Gasteiger partial charge in [-0.2, -0.15) is 0 Å². The lowest BCUT2D eigenvalue weighted by molar-refractivity contribution is -0.133. The topological polar surface area (TPSA) is 151 Å². The van der Waals surface area contributed by atoms with Crippen molar-refractivity contribution >= 4 is 29.3 Å². The van der Waals surface area contributed by atoms with Crippen molar-refractivity contribution in [2.45, 2.75) is 13.0 Å². The molecule has 39 heavy (non-hydrogen) atoms. The second-order valence-corrected chi connectivity index (χ2v) is 9.00. The summed E-state index contributed by atoms with van der Waals surface area (Å²) in [5, 5.41) is 23.1. The minimum atomic E-state index is -1.30. The molecule has 0 radical (unpaired) electrons. The maximum Gasteiger partial charge on any atom is 0.338 e. The SMILES string of the molecule is CC1=C(C(=O)O)C(c2cccc(-n3ccnc3)c2)=C(C(=O)O)C(COCCN2C(=O)c3ccccc3C2=O)N1. The third kappa shape index (κ3) is 4.71. The largest absolute Gasteiger partial charge is 0.478 e. The Kier molecular flexibility index (Phi) is 6.82. The highest BCUT2D eigenvalue weighted by atomic mass is 16.5. The number of carbonyl (C=O) groups excluding carboxylic acids is 2. The number of aromatic nitrogens is 2. The zero-order valence-electron chi connectivity index (χ0n) is 20.8. The molecule has 11 heteroatoms. The van der Waals surface area contributed by atoms with Crippen molar-refractivity contribution in [3.8, 4) is 5.69 Å². The summed E-state index contributed by atoms with van der Waals surface area (Å²) >= 11 is 0. The zero-order chi connectivity index (χ0) is 27.7. The van der Waals surface area contributed by atoms with Crippen LogP contribution in [-0.2, 0) is 14.3 Å². The quantitative estimate of drug-likeness (QED) is 0.281. The number of rotatable bonds is 9. The number of fused-ring (bicyclic) bond motifs is 1. The van der Waals surface area contributed by atoms with Crippen LogP contribution in [0.1, 0.15) is 33.2 Å². The molecule has 0 saturated heterocycles.